The van der Waals surface area contributed by atoms with E-state index < -0.39 is 5.97 Å². The average molecular weight is 452 g/mol. The van der Waals surface area contributed by atoms with Gasteiger partial charge in [-0.05, 0) is 24.3 Å². The van der Waals surface area contributed by atoms with E-state index in [0.29, 0.717) is 22.2 Å². The highest BCUT2D eigenvalue weighted by molar-refractivity contribution is 9.10. The summed E-state index contributed by atoms with van der Waals surface area (Å²) in [7, 11) is 1.57. The highest BCUT2D eigenvalue weighted by Gasteiger charge is 2.18. The molecule has 0 atom stereocenters. The van der Waals surface area contributed by atoms with Gasteiger partial charge in [0.25, 0.3) is 5.91 Å². The number of esters is 1. The van der Waals surface area contributed by atoms with Crippen LogP contribution >= 0.6 is 15.9 Å². The molecular formula is C22H18BrN3O3. The molecule has 0 aliphatic rings. The number of halogens is 1. The van der Waals surface area contributed by atoms with Crippen molar-refractivity contribution in [1.82, 2.24) is 9.88 Å². The Hall–Kier alpha value is -3.24. The van der Waals surface area contributed by atoms with Gasteiger partial charge >= 0.3 is 5.97 Å². The molecule has 2 aromatic carbocycles. The van der Waals surface area contributed by atoms with Gasteiger partial charge in [0.1, 0.15) is 0 Å². The first kappa shape index (κ1) is 20.5. The zero-order valence-electron chi connectivity index (χ0n) is 15.8. The Morgan fingerprint density at radius 2 is 1.93 bits per heavy atom. The van der Waals surface area contributed by atoms with Crippen molar-refractivity contribution < 1.29 is 14.3 Å². The Balaban J connectivity index is 1.90. The van der Waals surface area contributed by atoms with E-state index in [1.807, 2.05) is 48.5 Å². The third kappa shape index (κ3) is 4.98. The second kappa shape index (κ2) is 9.30. The summed E-state index contributed by atoms with van der Waals surface area (Å²) in [5.41, 5.74) is 2.50. The van der Waals surface area contributed by atoms with Crippen LogP contribution in [0.4, 0.5) is 0 Å². The minimum Gasteiger partial charge on any atom is -0.452 e. The summed E-state index contributed by atoms with van der Waals surface area (Å²) < 4.78 is 6.08. The number of fused-ring (bicyclic) bond motifs is 1. The van der Waals surface area contributed by atoms with Crippen LogP contribution in [-0.2, 0) is 9.53 Å². The summed E-state index contributed by atoms with van der Waals surface area (Å²) in [6, 6.07) is 18.7. The van der Waals surface area contributed by atoms with Crippen molar-refractivity contribution in [3.63, 3.8) is 0 Å². The number of hydrogen-bond donors (Lipinski definition) is 0. The fraction of sp³-hybridized carbons (Fsp3) is 0.182. The first-order valence-electron chi connectivity index (χ1n) is 8.93. The van der Waals surface area contributed by atoms with Crippen LogP contribution in [0, 0.1) is 11.3 Å². The highest BCUT2D eigenvalue weighted by Crippen LogP contribution is 2.27. The summed E-state index contributed by atoms with van der Waals surface area (Å²) in [6.45, 7) is -0.102. The lowest BCUT2D eigenvalue weighted by molar-refractivity contribution is -0.133. The Morgan fingerprint density at radius 1 is 1.17 bits per heavy atom. The molecular weight excluding hydrogens is 434 g/mol. The number of nitrogens with zero attached hydrogens (tertiary/aromatic N) is 3. The second-order valence-corrected chi connectivity index (χ2v) is 7.30. The van der Waals surface area contributed by atoms with Gasteiger partial charge in [-0.3, -0.25) is 4.79 Å². The van der Waals surface area contributed by atoms with Gasteiger partial charge in [0.2, 0.25) is 0 Å². The predicted octanol–water partition coefficient (Wildman–Crippen LogP) is 4.19. The van der Waals surface area contributed by atoms with Gasteiger partial charge in [-0.2, -0.15) is 5.26 Å². The molecule has 29 heavy (non-hydrogen) atoms. The molecule has 0 saturated heterocycles. The number of rotatable bonds is 6. The number of pyridine rings is 1. The SMILES string of the molecule is CN(CCC#N)C(=O)COC(=O)c1cc(-c2ccccc2)nc2ccc(Br)cc12. The molecule has 1 amide bonds. The first-order chi connectivity index (χ1) is 14.0. The van der Waals surface area contributed by atoms with Gasteiger partial charge in [-0.25, -0.2) is 9.78 Å². The largest absolute Gasteiger partial charge is 0.452 e. The van der Waals surface area contributed by atoms with Crippen molar-refractivity contribution >= 4 is 38.7 Å². The molecule has 0 fully saturated rings. The third-order valence-electron chi connectivity index (χ3n) is 4.37. The van der Waals surface area contributed by atoms with Crippen molar-refractivity contribution in [3.8, 4) is 17.3 Å². The van der Waals surface area contributed by atoms with Crippen LogP contribution in [0.3, 0.4) is 0 Å². The molecule has 0 unspecified atom stereocenters. The molecule has 0 N–H and O–H groups in total. The maximum Gasteiger partial charge on any atom is 0.339 e. The Labute approximate surface area is 176 Å². The van der Waals surface area contributed by atoms with Crippen LogP contribution < -0.4 is 0 Å². The molecule has 0 aliphatic heterocycles. The van der Waals surface area contributed by atoms with Crippen molar-refractivity contribution in [2.24, 2.45) is 0 Å². The molecule has 0 spiro atoms. The smallest absolute Gasteiger partial charge is 0.339 e. The van der Waals surface area contributed by atoms with E-state index in [4.69, 9.17) is 10.00 Å². The number of aromatic nitrogens is 1. The Morgan fingerprint density at radius 3 is 2.66 bits per heavy atom. The van der Waals surface area contributed by atoms with Crippen molar-refractivity contribution in [1.29, 1.82) is 5.26 Å². The molecule has 3 aromatic rings. The second-order valence-electron chi connectivity index (χ2n) is 6.38. The molecule has 0 bridgehead atoms. The van der Waals surface area contributed by atoms with Crippen LogP contribution in [0.5, 0.6) is 0 Å². The van der Waals surface area contributed by atoms with Crippen LogP contribution in [0.1, 0.15) is 16.8 Å². The van der Waals surface area contributed by atoms with E-state index in [1.54, 1.807) is 19.2 Å². The van der Waals surface area contributed by atoms with E-state index in [-0.39, 0.29) is 25.5 Å². The molecule has 146 valence electrons. The molecule has 6 nitrogen and oxygen atoms in total. The minimum atomic E-state index is -0.602. The monoisotopic (exact) mass is 451 g/mol. The molecule has 3 rings (SSSR count). The summed E-state index contributed by atoms with van der Waals surface area (Å²) >= 11 is 3.42. The quantitative estimate of drug-likeness (QED) is 0.524. The fourth-order valence-electron chi connectivity index (χ4n) is 2.78. The Bertz CT molecular complexity index is 1090. The number of likely N-dealkylation sites (N-methyl/N-ethyl adjacent to an activating group) is 1. The molecule has 0 aliphatic carbocycles. The number of carbonyl (C=O) groups excluding carboxylic acids is 2. The topological polar surface area (TPSA) is 83.3 Å². The van der Waals surface area contributed by atoms with E-state index in [0.717, 1.165) is 10.0 Å². The van der Waals surface area contributed by atoms with Gasteiger partial charge in [0.05, 0.1) is 29.3 Å². The lowest BCUT2D eigenvalue weighted by Crippen LogP contribution is -2.32. The zero-order chi connectivity index (χ0) is 20.8. The summed E-state index contributed by atoms with van der Waals surface area (Å²) in [5.74, 6) is -0.967. The predicted molar refractivity (Wildman–Crippen MR) is 113 cm³/mol. The number of benzene rings is 2. The molecule has 7 heteroatoms. The molecule has 0 saturated carbocycles. The maximum absolute atomic E-state index is 12.8. The van der Waals surface area contributed by atoms with Gasteiger partial charge in [0, 0.05) is 29.0 Å². The molecule has 0 radical (unpaired) electrons. The maximum atomic E-state index is 12.8. The number of carbonyl (C=O) groups is 2. The number of ether oxygens (including phenoxy) is 1. The van der Waals surface area contributed by atoms with Crippen LogP contribution in [0.15, 0.2) is 59.1 Å². The van der Waals surface area contributed by atoms with Crippen LogP contribution in [0.2, 0.25) is 0 Å². The van der Waals surface area contributed by atoms with Crippen LogP contribution in [0.25, 0.3) is 22.2 Å². The highest BCUT2D eigenvalue weighted by atomic mass is 79.9. The van der Waals surface area contributed by atoms with Crippen molar-refractivity contribution in [2.75, 3.05) is 20.2 Å². The van der Waals surface area contributed by atoms with Gasteiger partial charge in [0.15, 0.2) is 6.61 Å². The molecule has 1 aromatic heterocycles. The number of hydrogen-bond acceptors (Lipinski definition) is 5. The number of nitriles is 1. The minimum absolute atomic E-state index is 0.222. The average Bonchev–Trinajstić information content (AvgIpc) is 2.75. The fourth-order valence-corrected chi connectivity index (χ4v) is 3.14. The van der Waals surface area contributed by atoms with E-state index in [2.05, 4.69) is 20.9 Å². The summed E-state index contributed by atoms with van der Waals surface area (Å²) in [6.07, 6.45) is 0.222. The van der Waals surface area contributed by atoms with Gasteiger partial charge in [-0.15, -0.1) is 0 Å². The van der Waals surface area contributed by atoms with Crippen molar-refractivity contribution in [2.45, 2.75) is 6.42 Å². The van der Waals surface area contributed by atoms with Gasteiger partial charge < -0.3 is 9.64 Å². The molecule has 1 heterocycles. The van der Waals surface area contributed by atoms with E-state index in [9.17, 15) is 9.59 Å². The number of amides is 1. The third-order valence-corrected chi connectivity index (χ3v) is 4.86. The van der Waals surface area contributed by atoms with Gasteiger partial charge in [-0.1, -0.05) is 46.3 Å². The lowest BCUT2D eigenvalue weighted by atomic mass is 10.0. The Kier molecular flexibility index (Phi) is 6.57. The normalized spacial score (nSPS) is 10.4. The first-order valence-corrected chi connectivity index (χ1v) is 9.72. The summed E-state index contributed by atoms with van der Waals surface area (Å²) in [4.78, 5) is 30.9. The van der Waals surface area contributed by atoms with E-state index >= 15 is 0 Å². The van der Waals surface area contributed by atoms with E-state index in [1.165, 1.54) is 4.90 Å². The lowest BCUT2D eigenvalue weighted by Gasteiger charge is -2.15. The van der Waals surface area contributed by atoms with Crippen LogP contribution in [-0.4, -0.2) is 42.0 Å². The van der Waals surface area contributed by atoms with Crippen molar-refractivity contribution in [3.05, 3.63) is 64.6 Å². The summed E-state index contributed by atoms with van der Waals surface area (Å²) in [5, 5.41) is 9.26. The zero-order valence-corrected chi connectivity index (χ0v) is 17.3. The standard InChI is InChI=1S/C22H18BrN3O3/c1-26(11-5-10-24)21(27)14-29-22(28)18-13-20(15-6-3-2-4-7-15)25-19-9-8-16(23)12-17(18)19/h2-4,6-9,12-13H,5,11,14H2,1H3.